The smallest absolute Gasteiger partial charge is 0.314 e. The molecule has 1 aromatic rings. The first-order valence-electron chi connectivity index (χ1n) is 12.9. The average molecular weight is 542 g/mol. The fourth-order valence-electron chi connectivity index (χ4n) is 5.05. The van der Waals surface area contributed by atoms with E-state index in [1.807, 2.05) is 37.4 Å². The Morgan fingerprint density at radius 2 is 1.68 bits per heavy atom. The van der Waals surface area contributed by atoms with Gasteiger partial charge in [0.05, 0.1) is 10.7 Å². The van der Waals surface area contributed by atoms with Gasteiger partial charge in [-0.25, -0.2) is 4.79 Å². The van der Waals surface area contributed by atoms with E-state index in [9.17, 15) is 23.1 Å². The molecule has 3 saturated heterocycles. The molecule has 3 fully saturated rings. The number of hydrogen-bond acceptors (Lipinski definition) is 7. The van der Waals surface area contributed by atoms with Crippen molar-refractivity contribution < 1.29 is 27.7 Å². The maximum atomic E-state index is 11.4. The Kier molecular flexibility index (Phi) is 12.2. The summed E-state index contributed by atoms with van der Waals surface area (Å²) in [6, 6.07) is 9.26. The molecule has 0 bridgehead atoms. The number of nitrogens with one attached hydrogen (secondary N) is 2. The lowest BCUT2D eigenvalue weighted by Gasteiger charge is -2.34. The summed E-state index contributed by atoms with van der Waals surface area (Å²) in [6.45, 7) is 8.32. The van der Waals surface area contributed by atoms with Gasteiger partial charge in [0.2, 0.25) is 0 Å². The van der Waals surface area contributed by atoms with Gasteiger partial charge in [-0.05, 0) is 70.4 Å². The molecule has 3 aliphatic rings. The van der Waals surface area contributed by atoms with Crippen LogP contribution in [0, 0.1) is 5.92 Å². The van der Waals surface area contributed by atoms with Gasteiger partial charge in [0.1, 0.15) is 0 Å². The molecule has 11 nitrogen and oxygen atoms in total. The van der Waals surface area contributed by atoms with Crippen LogP contribution in [0.5, 0.6) is 0 Å². The van der Waals surface area contributed by atoms with Gasteiger partial charge in [0, 0.05) is 26.2 Å². The zero-order valence-corrected chi connectivity index (χ0v) is 22.8. The highest BCUT2D eigenvalue weighted by Crippen LogP contribution is 2.33. The number of rotatable bonds is 5. The minimum atomic E-state index is -3.84. The summed E-state index contributed by atoms with van der Waals surface area (Å²) in [6.07, 6.45) is 2.68. The average Bonchev–Trinajstić information content (AvgIpc) is 3.40. The van der Waals surface area contributed by atoms with Crippen LogP contribution in [0.4, 0.5) is 4.79 Å². The molecule has 0 aromatic heterocycles. The summed E-state index contributed by atoms with van der Waals surface area (Å²) in [5.41, 5.74) is 5.34. The van der Waals surface area contributed by atoms with Gasteiger partial charge in [0.15, 0.2) is 0 Å². The molecule has 0 aliphatic carbocycles. The fourth-order valence-corrected chi connectivity index (χ4v) is 6.19. The molecule has 37 heavy (non-hydrogen) atoms. The highest BCUT2D eigenvalue weighted by atomic mass is 32.2. The van der Waals surface area contributed by atoms with Crippen LogP contribution in [0.25, 0.3) is 0 Å². The van der Waals surface area contributed by atoms with Crippen molar-refractivity contribution >= 4 is 22.1 Å². The molecule has 12 heteroatoms. The minimum absolute atomic E-state index is 0.0880. The van der Waals surface area contributed by atoms with Crippen molar-refractivity contribution in [1.29, 1.82) is 0 Å². The third kappa shape index (κ3) is 9.22. The van der Waals surface area contributed by atoms with Crippen molar-refractivity contribution in [3.05, 3.63) is 35.9 Å². The van der Waals surface area contributed by atoms with Crippen LogP contribution in [-0.2, 0) is 20.3 Å². The molecule has 2 atom stereocenters. The van der Waals surface area contributed by atoms with Gasteiger partial charge in [-0.15, -0.1) is 0 Å². The second-order valence-electron chi connectivity index (χ2n) is 9.85. The van der Waals surface area contributed by atoms with Gasteiger partial charge >= 0.3 is 12.0 Å². The van der Waals surface area contributed by atoms with Crippen LogP contribution >= 0.6 is 0 Å². The van der Waals surface area contributed by atoms with E-state index in [0.717, 1.165) is 57.8 Å². The molecule has 6 N–H and O–H groups in total. The second-order valence-corrected chi connectivity index (χ2v) is 11.5. The number of amides is 2. The molecule has 2 amide bonds. The number of carboxylic acid groups (broad SMARTS) is 1. The molecular weight excluding hydrogens is 498 g/mol. The molecule has 210 valence electrons. The van der Waals surface area contributed by atoms with Crippen molar-refractivity contribution in [2.24, 2.45) is 11.7 Å². The van der Waals surface area contributed by atoms with Crippen LogP contribution < -0.4 is 16.4 Å². The van der Waals surface area contributed by atoms with Crippen molar-refractivity contribution in [1.82, 2.24) is 20.4 Å². The van der Waals surface area contributed by atoms with Crippen molar-refractivity contribution in [2.75, 3.05) is 59.4 Å². The number of piperazine rings is 1. The lowest BCUT2D eigenvalue weighted by molar-refractivity contribution is -0.145. The number of aliphatic carboxylic acids is 1. The maximum absolute atomic E-state index is 11.4. The number of likely N-dealkylation sites (N-methyl/N-ethyl adjacent to an activating group) is 1. The first-order valence-corrected chi connectivity index (χ1v) is 14.4. The Labute approximate surface area is 220 Å². The van der Waals surface area contributed by atoms with E-state index in [-0.39, 0.29) is 11.9 Å². The topological polar surface area (TPSA) is 165 Å². The molecule has 0 spiro atoms. The number of nitrogens with zero attached hydrogens (tertiary/aromatic N) is 2. The van der Waals surface area contributed by atoms with Crippen LogP contribution in [-0.4, -0.2) is 105 Å². The lowest BCUT2D eigenvalue weighted by atomic mass is 9.73. The van der Waals surface area contributed by atoms with Gasteiger partial charge in [-0.2, -0.15) is 8.42 Å². The summed E-state index contributed by atoms with van der Waals surface area (Å²) < 4.78 is 30.6. The van der Waals surface area contributed by atoms with Crippen molar-refractivity contribution in [3.63, 3.8) is 0 Å². The van der Waals surface area contributed by atoms with E-state index in [1.165, 1.54) is 0 Å². The van der Waals surface area contributed by atoms with Crippen LogP contribution in [0.2, 0.25) is 0 Å². The number of nitrogens with two attached hydrogens (primary N) is 1. The maximum Gasteiger partial charge on any atom is 0.314 e. The van der Waals surface area contributed by atoms with E-state index in [0.29, 0.717) is 25.8 Å². The quantitative estimate of drug-likeness (QED) is 0.341. The van der Waals surface area contributed by atoms with E-state index < -0.39 is 26.8 Å². The number of primary amides is 1. The van der Waals surface area contributed by atoms with Crippen molar-refractivity contribution in [3.8, 4) is 0 Å². The summed E-state index contributed by atoms with van der Waals surface area (Å²) in [5, 5.41) is 15.1. The number of carboxylic acids is 1. The van der Waals surface area contributed by atoms with E-state index in [2.05, 4.69) is 15.5 Å². The van der Waals surface area contributed by atoms with Crippen LogP contribution in [0.1, 0.15) is 38.2 Å². The van der Waals surface area contributed by atoms with E-state index in [1.54, 1.807) is 11.8 Å². The zero-order valence-electron chi connectivity index (χ0n) is 21.9. The highest BCUT2D eigenvalue weighted by Gasteiger charge is 2.41. The summed E-state index contributed by atoms with van der Waals surface area (Å²) >= 11 is 0. The number of piperidine rings is 1. The number of urea groups is 1. The van der Waals surface area contributed by atoms with Gasteiger partial charge in [-0.1, -0.05) is 37.3 Å². The van der Waals surface area contributed by atoms with Crippen LogP contribution in [0.3, 0.4) is 0 Å². The summed E-state index contributed by atoms with van der Waals surface area (Å²) in [5.74, 6) is -0.611. The Morgan fingerprint density at radius 3 is 2.11 bits per heavy atom. The number of carbonyl (C=O) groups excluding carboxylic acids is 1. The molecule has 3 heterocycles. The monoisotopic (exact) mass is 541 g/mol. The largest absolute Gasteiger partial charge is 0.481 e. The molecule has 4 rings (SSSR count). The summed E-state index contributed by atoms with van der Waals surface area (Å²) in [4.78, 5) is 25.9. The number of carbonyl (C=O) groups is 2. The molecular formula is C25H43N5O6S. The second kappa shape index (κ2) is 14.6. The molecule has 0 radical (unpaired) electrons. The Hall–Kier alpha value is -2.25. The zero-order chi connectivity index (χ0) is 27.5. The first kappa shape index (κ1) is 31.0. The first-order chi connectivity index (χ1) is 17.5. The normalized spacial score (nSPS) is 22.6. The molecule has 0 saturated carbocycles. The summed E-state index contributed by atoms with van der Waals surface area (Å²) in [7, 11) is -1.80. The third-order valence-electron chi connectivity index (χ3n) is 7.42. The van der Waals surface area contributed by atoms with E-state index in [4.69, 9.17) is 10.3 Å². The molecule has 1 aromatic carbocycles. The predicted molar refractivity (Wildman–Crippen MR) is 143 cm³/mol. The Bertz CT molecular complexity index is 942. The fraction of sp³-hybridized carbons (Fsp3) is 0.680. The predicted octanol–water partition coefficient (Wildman–Crippen LogP) is 0.967. The van der Waals surface area contributed by atoms with Gasteiger partial charge in [0.25, 0.3) is 10.1 Å². The number of hydrogen-bond donors (Lipinski definition) is 5. The Morgan fingerprint density at radius 1 is 1.08 bits per heavy atom. The minimum Gasteiger partial charge on any atom is -0.481 e. The molecule has 3 aliphatic heterocycles. The molecule has 2 unspecified atom stereocenters. The van der Waals surface area contributed by atoms with Crippen molar-refractivity contribution in [2.45, 2.75) is 43.3 Å². The van der Waals surface area contributed by atoms with Crippen LogP contribution in [0.15, 0.2) is 30.3 Å². The SMILES string of the molecule is CCC(C1CCNC1)S(=O)(=O)O.CN1CCN(C(N)=O)CC1.O=C(O)C1(c2ccccc2)CCNCC1. The van der Waals surface area contributed by atoms with Gasteiger partial charge in [-0.3, -0.25) is 9.35 Å². The Balaban J connectivity index is 0.000000200. The number of benzene rings is 1. The van der Waals surface area contributed by atoms with E-state index >= 15 is 0 Å². The standard InChI is InChI=1S/C12H15NO2.C7H15NO3S.C6H13N3O/c14-11(15)12(6-8-13-9-7-12)10-4-2-1-3-5-10;1-2-7(12(9,10)11)6-3-4-8-5-6;1-8-2-4-9(5-3-8)6(7)10/h1-5,13H,6-9H2,(H,14,15);6-8H,2-5H2,1H3,(H,9,10,11);2-5H2,1H3,(H2,7,10). The third-order valence-corrected chi connectivity index (χ3v) is 8.90. The highest BCUT2D eigenvalue weighted by molar-refractivity contribution is 7.86. The van der Waals surface area contributed by atoms with Gasteiger partial charge < -0.3 is 31.3 Å². The lowest BCUT2D eigenvalue weighted by Crippen LogP contribution is -2.49.